The summed E-state index contributed by atoms with van der Waals surface area (Å²) in [5.41, 5.74) is 0.857. The third-order valence-electron chi connectivity index (χ3n) is 4.55. The number of hydrogen-bond donors (Lipinski definition) is 4. The first-order valence-electron chi connectivity index (χ1n) is 8.38. The van der Waals surface area contributed by atoms with Crippen molar-refractivity contribution in [2.45, 2.75) is 31.1 Å². The first-order chi connectivity index (χ1) is 13.1. The van der Waals surface area contributed by atoms with Crippen LogP contribution in [0.5, 0.6) is 0 Å². The van der Waals surface area contributed by atoms with Crippen LogP contribution in [0.4, 0.5) is 10.2 Å². The Labute approximate surface area is 153 Å². The quantitative estimate of drug-likeness (QED) is 0.498. The number of nitrogens with zero attached hydrogens (tertiary/aromatic N) is 4. The molecule has 4 N–H and O–H groups in total. The molecule has 0 bridgehead atoms. The fourth-order valence-electron chi connectivity index (χ4n) is 3.09. The minimum absolute atomic E-state index is 0.220. The van der Waals surface area contributed by atoms with Crippen molar-refractivity contribution in [1.82, 2.24) is 19.7 Å². The highest BCUT2D eigenvalue weighted by atomic mass is 19.1. The maximum Gasteiger partial charge on any atom is 0.181 e. The van der Waals surface area contributed by atoms with Crippen molar-refractivity contribution in [3.8, 4) is 0 Å². The zero-order valence-electron chi connectivity index (χ0n) is 14.1. The van der Waals surface area contributed by atoms with Crippen LogP contribution in [-0.2, 0) is 11.3 Å². The SMILES string of the molecule is OC[C@H]1O[C@@H](n2ncc3c(NCc4ccccc4F)ncnc32)[C@H](O)[C@@H]1O. The van der Waals surface area contributed by atoms with Crippen LogP contribution in [0.15, 0.2) is 36.8 Å². The topological polar surface area (TPSA) is 126 Å². The van der Waals surface area contributed by atoms with Crippen molar-refractivity contribution in [3.05, 3.63) is 48.2 Å². The van der Waals surface area contributed by atoms with E-state index >= 15 is 0 Å². The summed E-state index contributed by atoms with van der Waals surface area (Å²) >= 11 is 0. The van der Waals surface area contributed by atoms with Gasteiger partial charge in [0.1, 0.15) is 36.3 Å². The Morgan fingerprint density at radius 2 is 2.00 bits per heavy atom. The lowest BCUT2D eigenvalue weighted by molar-refractivity contribution is -0.0566. The van der Waals surface area contributed by atoms with Crippen LogP contribution in [0.3, 0.4) is 0 Å². The molecule has 142 valence electrons. The first kappa shape index (κ1) is 17.7. The van der Waals surface area contributed by atoms with Crippen molar-refractivity contribution >= 4 is 16.9 Å². The van der Waals surface area contributed by atoms with E-state index in [4.69, 9.17) is 4.74 Å². The standard InChI is InChI=1S/C17H18FN5O4/c18-11-4-2-1-3-9(11)5-19-15-10-6-22-23(16(10)21-8-20-15)17-14(26)13(25)12(7-24)27-17/h1-4,6,8,12-14,17,24-26H,5,7H2,(H,19,20,21)/t12-,13-,14-,17-/m1/s1. The third-order valence-corrected chi connectivity index (χ3v) is 4.55. The van der Waals surface area contributed by atoms with Crippen molar-refractivity contribution in [1.29, 1.82) is 0 Å². The summed E-state index contributed by atoms with van der Waals surface area (Å²) in [6.07, 6.45) is -1.61. The predicted molar refractivity (Wildman–Crippen MR) is 92.1 cm³/mol. The van der Waals surface area contributed by atoms with Crippen LogP contribution in [0.25, 0.3) is 11.0 Å². The molecule has 1 aliphatic heterocycles. The predicted octanol–water partition coefficient (Wildman–Crippen LogP) is 0.189. The van der Waals surface area contributed by atoms with Crippen LogP contribution < -0.4 is 5.32 Å². The Bertz CT molecular complexity index is 952. The minimum Gasteiger partial charge on any atom is -0.394 e. The van der Waals surface area contributed by atoms with Gasteiger partial charge in [-0.2, -0.15) is 5.10 Å². The number of rotatable bonds is 5. The lowest BCUT2D eigenvalue weighted by Crippen LogP contribution is -2.33. The molecule has 3 aromatic rings. The van der Waals surface area contributed by atoms with E-state index in [0.717, 1.165) is 0 Å². The molecule has 0 amide bonds. The second kappa shape index (κ2) is 7.16. The lowest BCUT2D eigenvalue weighted by atomic mass is 10.1. The average Bonchev–Trinajstić information content (AvgIpc) is 3.23. The number of aliphatic hydroxyl groups is 3. The fourth-order valence-corrected chi connectivity index (χ4v) is 3.09. The van der Waals surface area contributed by atoms with Gasteiger partial charge >= 0.3 is 0 Å². The molecule has 3 heterocycles. The molecular weight excluding hydrogens is 357 g/mol. The lowest BCUT2D eigenvalue weighted by Gasteiger charge is -2.15. The van der Waals surface area contributed by atoms with Gasteiger partial charge in [-0.3, -0.25) is 0 Å². The van der Waals surface area contributed by atoms with E-state index in [9.17, 15) is 19.7 Å². The van der Waals surface area contributed by atoms with E-state index in [-0.39, 0.29) is 12.4 Å². The van der Waals surface area contributed by atoms with Crippen LogP contribution in [0, 0.1) is 5.82 Å². The second-order valence-corrected chi connectivity index (χ2v) is 6.22. The number of nitrogens with one attached hydrogen (secondary N) is 1. The van der Waals surface area contributed by atoms with Crippen molar-refractivity contribution in [2.75, 3.05) is 11.9 Å². The van der Waals surface area contributed by atoms with E-state index < -0.39 is 31.1 Å². The van der Waals surface area contributed by atoms with E-state index in [0.29, 0.717) is 22.4 Å². The van der Waals surface area contributed by atoms with E-state index in [1.54, 1.807) is 18.2 Å². The third kappa shape index (κ3) is 3.12. The molecule has 0 spiro atoms. The maximum atomic E-state index is 13.8. The Hall–Kier alpha value is -2.66. The summed E-state index contributed by atoms with van der Waals surface area (Å²) in [7, 11) is 0. The Balaban J connectivity index is 1.61. The van der Waals surface area contributed by atoms with Gasteiger partial charge in [0, 0.05) is 12.1 Å². The highest BCUT2D eigenvalue weighted by Crippen LogP contribution is 2.31. The van der Waals surface area contributed by atoms with Gasteiger partial charge in [0.05, 0.1) is 18.2 Å². The molecule has 0 saturated carbocycles. The molecule has 0 radical (unpaired) electrons. The van der Waals surface area contributed by atoms with Gasteiger partial charge < -0.3 is 25.4 Å². The molecule has 10 heteroatoms. The average molecular weight is 375 g/mol. The van der Waals surface area contributed by atoms with Gasteiger partial charge in [-0.15, -0.1) is 0 Å². The Morgan fingerprint density at radius 3 is 2.74 bits per heavy atom. The van der Waals surface area contributed by atoms with Gasteiger partial charge in [-0.25, -0.2) is 19.0 Å². The number of anilines is 1. The number of hydrogen-bond acceptors (Lipinski definition) is 8. The molecule has 0 unspecified atom stereocenters. The molecule has 1 aromatic carbocycles. The number of fused-ring (bicyclic) bond motifs is 1. The Kier molecular flexibility index (Phi) is 4.70. The fraction of sp³-hybridized carbons (Fsp3) is 0.353. The molecule has 4 atom stereocenters. The molecule has 0 aliphatic carbocycles. The zero-order chi connectivity index (χ0) is 19.0. The smallest absolute Gasteiger partial charge is 0.181 e. The van der Waals surface area contributed by atoms with Gasteiger partial charge in [0.2, 0.25) is 0 Å². The number of ether oxygens (including phenoxy) is 1. The highest BCUT2D eigenvalue weighted by molar-refractivity contribution is 5.86. The second-order valence-electron chi connectivity index (χ2n) is 6.22. The molecule has 4 rings (SSSR count). The van der Waals surface area contributed by atoms with Crippen LogP contribution >= 0.6 is 0 Å². The maximum absolute atomic E-state index is 13.8. The summed E-state index contributed by atoms with van der Waals surface area (Å²) in [6, 6.07) is 6.41. The zero-order valence-corrected chi connectivity index (χ0v) is 14.1. The summed E-state index contributed by atoms with van der Waals surface area (Å²) in [5, 5.41) is 37.1. The molecule has 1 saturated heterocycles. The highest BCUT2D eigenvalue weighted by Gasteiger charge is 2.44. The summed E-state index contributed by atoms with van der Waals surface area (Å²) in [4.78, 5) is 8.34. The van der Waals surface area contributed by atoms with Crippen molar-refractivity contribution in [3.63, 3.8) is 0 Å². The van der Waals surface area contributed by atoms with E-state index in [1.807, 2.05) is 0 Å². The van der Waals surface area contributed by atoms with Crippen molar-refractivity contribution < 1.29 is 24.4 Å². The van der Waals surface area contributed by atoms with Gasteiger partial charge in [-0.05, 0) is 6.07 Å². The number of benzene rings is 1. The number of aromatic nitrogens is 4. The van der Waals surface area contributed by atoms with Gasteiger partial charge in [-0.1, -0.05) is 18.2 Å². The molecule has 9 nitrogen and oxygen atoms in total. The summed E-state index contributed by atoms with van der Waals surface area (Å²) in [6.45, 7) is -0.212. The molecule has 27 heavy (non-hydrogen) atoms. The van der Waals surface area contributed by atoms with Gasteiger partial charge in [0.25, 0.3) is 0 Å². The van der Waals surface area contributed by atoms with Gasteiger partial charge in [0.15, 0.2) is 11.9 Å². The summed E-state index contributed by atoms with van der Waals surface area (Å²) < 4.78 is 20.6. The largest absolute Gasteiger partial charge is 0.394 e. The monoisotopic (exact) mass is 375 g/mol. The van der Waals surface area contributed by atoms with Crippen LogP contribution in [0.2, 0.25) is 0 Å². The summed E-state index contributed by atoms with van der Waals surface area (Å²) in [5.74, 6) is 0.124. The number of halogens is 1. The molecular formula is C17H18FN5O4. The minimum atomic E-state index is -1.27. The van der Waals surface area contributed by atoms with Crippen LogP contribution in [0.1, 0.15) is 11.8 Å². The van der Waals surface area contributed by atoms with Crippen LogP contribution in [-0.4, -0.2) is 60.0 Å². The molecule has 1 aliphatic rings. The molecule has 2 aromatic heterocycles. The first-order valence-corrected chi connectivity index (χ1v) is 8.38. The van der Waals surface area contributed by atoms with E-state index in [1.165, 1.54) is 23.3 Å². The Morgan fingerprint density at radius 1 is 1.19 bits per heavy atom. The number of aliphatic hydroxyl groups excluding tert-OH is 3. The molecule has 1 fully saturated rings. The van der Waals surface area contributed by atoms with E-state index in [2.05, 4.69) is 20.4 Å². The normalized spacial score (nSPS) is 25.2. The van der Waals surface area contributed by atoms with Crippen molar-refractivity contribution in [2.24, 2.45) is 0 Å².